The van der Waals surface area contributed by atoms with Crippen LogP contribution in [0.1, 0.15) is 26.7 Å². The molecule has 2 aliphatic rings. The van der Waals surface area contributed by atoms with E-state index < -0.39 is 0 Å². The van der Waals surface area contributed by atoms with Crippen molar-refractivity contribution in [1.82, 2.24) is 20.0 Å². The van der Waals surface area contributed by atoms with Gasteiger partial charge in [0.25, 0.3) is 0 Å². The first-order chi connectivity index (χ1) is 11.5. The van der Waals surface area contributed by atoms with E-state index in [0.717, 1.165) is 52.2 Å². The summed E-state index contributed by atoms with van der Waals surface area (Å²) in [5, 5.41) is 2.94. The Morgan fingerprint density at radius 1 is 1.21 bits per heavy atom. The van der Waals surface area contributed by atoms with Crippen LogP contribution in [0.3, 0.4) is 0 Å². The summed E-state index contributed by atoms with van der Waals surface area (Å²) in [6.45, 7) is 10.2. The summed E-state index contributed by atoms with van der Waals surface area (Å²) >= 11 is 0. The normalized spacial score (nSPS) is 26.4. The number of piperazine rings is 1. The van der Waals surface area contributed by atoms with E-state index in [-0.39, 0.29) is 17.9 Å². The molecule has 0 spiro atoms. The number of rotatable bonds is 6. The van der Waals surface area contributed by atoms with Crippen molar-refractivity contribution in [2.24, 2.45) is 0 Å². The molecule has 24 heavy (non-hydrogen) atoms. The number of hydrogen-bond donors (Lipinski definition) is 1. The number of carbonyl (C=O) groups excluding carboxylic acids is 2. The van der Waals surface area contributed by atoms with Crippen molar-refractivity contribution in [1.29, 1.82) is 0 Å². The summed E-state index contributed by atoms with van der Waals surface area (Å²) in [7, 11) is 1.73. The maximum Gasteiger partial charge on any atom is 0.236 e. The van der Waals surface area contributed by atoms with Crippen LogP contribution in [-0.4, -0.2) is 98.1 Å². The third-order valence-corrected chi connectivity index (χ3v) is 4.97. The van der Waals surface area contributed by atoms with Crippen LogP contribution in [0.5, 0.6) is 0 Å². The Kier molecular flexibility index (Phi) is 7.45. The fourth-order valence-corrected chi connectivity index (χ4v) is 3.66. The van der Waals surface area contributed by atoms with Crippen molar-refractivity contribution >= 4 is 11.8 Å². The van der Waals surface area contributed by atoms with Crippen LogP contribution >= 0.6 is 0 Å². The molecule has 0 aliphatic carbocycles. The van der Waals surface area contributed by atoms with Crippen LogP contribution in [0.4, 0.5) is 0 Å². The highest BCUT2D eigenvalue weighted by Crippen LogP contribution is 2.13. The number of nitrogens with zero attached hydrogens (tertiary/aromatic N) is 3. The first kappa shape index (κ1) is 19.1. The molecule has 7 nitrogen and oxygen atoms in total. The van der Waals surface area contributed by atoms with Crippen molar-refractivity contribution in [3.8, 4) is 0 Å². The molecule has 2 saturated heterocycles. The fraction of sp³-hybridized carbons (Fsp3) is 0.882. The van der Waals surface area contributed by atoms with E-state index in [1.165, 1.54) is 6.92 Å². The topological polar surface area (TPSA) is 65.1 Å². The Morgan fingerprint density at radius 3 is 2.67 bits per heavy atom. The zero-order valence-electron chi connectivity index (χ0n) is 15.3. The van der Waals surface area contributed by atoms with E-state index in [4.69, 9.17) is 4.74 Å². The molecular formula is C17H32N4O3. The molecule has 0 unspecified atom stereocenters. The minimum absolute atomic E-state index is 0.0182. The van der Waals surface area contributed by atoms with Gasteiger partial charge in [0.05, 0.1) is 13.2 Å². The zero-order valence-corrected chi connectivity index (χ0v) is 15.3. The van der Waals surface area contributed by atoms with Crippen LogP contribution in [0.25, 0.3) is 0 Å². The molecule has 0 bridgehead atoms. The lowest BCUT2D eigenvalue weighted by Crippen LogP contribution is -2.56. The third-order valence-electron chi connectivity index (χ3n) is 4.97. The lowest BCUT2D eigenvalue weighted by atomic mass is 10.1. The van der Waals surface area contributed by atoms with Crippen LogP contribution in [-0.2, 0) is 14.3 Å². The standard InChI is InChI=1S/C17H32N4O3/c1-14-11-19(7-8-20(14)9-10-24-3)13-17(23)21-6-4-5-16(12-21)18-15(2)22/h14,16H,4-13H2,1-3H3,(H,18,22)/t14-,16+/m1/s1. The van der Waals surface area contributed by atoms with Crippen molar-refractivity contribution in [3.05, 3.63) is 0 Å². The average Bonchev–Trinajstić information content (AvgIpc) is 2.54. The maximum absolute atomic E-state index is 12.6. The number of hydrogen-bond acceptors (Lipinski definition) is 5. The van der Waals surface area contributed by atoms with Gasteiger partial charge in [0.15, 0.2) is 0 Å². The summed E-state index contributed by atoms with van der Waals surface area (Å²) in [6.07, 6.45) is 1.91. The van der Waals surface area contributed by atoms with Gasteiger partial charge in [-0.25, -0.2) is 0 Å². The van der Waals surface area contributed by atoms with Crippen LogP contribution < -0.4 is 5.32 Å². The minimum atomic E-state index is -0.0182. The first-order valence-electron chi connectivity index (χ1n) is 8.99. The molecule has 2 heterocycles. The summed E-state index contributed by atoms with van der Waals surface area (Å²) in [5.74, 6) is 0.165. The van der Waals surface area contributed by atoms with Gasteiger partial charge in [-0.1, -0.05) is 0 Å². The summed E-state index contributed by atoms with van der Waals surface area (Å²) in [5.41, 5.74) is 0. The van der Waals surface area contributed by atoms with E-state index >= 15 is 0 Å². The molecule has 138 valence electrons. The molecule has 7 heteroatoms. The van der Waals surface area contributed by atoms with Gasteiger partial charge in [0, 0.05) is 65.4 Å². The summed E-state index contributed by atoms with van der Waals surface area (Å²) < 4.78 is 5.16. The van der Waals surface area contributed by atoms with E-state index in [1.54, 1.807) is 7.11 Å². The molecule has 2 amide bonds. The van der Waals surface area contributed by atoms with E-state index in [1.807, 2.05) is 4.90 Å². The molecule has 0 radical (unpaired) electrons. The largest absolute Gasteiger partial charge is 0.383 e. The molecule has 0 aromatic heterocycles. The van der Waals surface area contributed by atoms with Gasteiger partial charge < -0.3 is 15.0 Å². The quantitative estimate of drug-likeness (QED) is 0.723. The van der Waals surface area contributed by atoms with Gasteiger partial charge in [-0.05, 0) is 19.8 Å². The number of nitrogens with one attached hydrogen (secondary N) is 1. The monoisotopic (exact) mass is 340 g/mol. The highest BCUT2D eigenvalue weighted by molar-refractivity contribution is 5.78. The number of carbonyl (C=O) groups is 2. The zero-order chi connectivity index (χ0) is 17.5. The molecule has 2 rings (SSSR count). The van der Waals surface area contributed by atoms with Gasteiger partial charge in [-0.3, -0.25) is 19.4 Å². The second kappa shape index (κ2) is 9.34. The number of methoxy groups -OCH3 is 1. The van der Waals surface area contributed by atoms with Gasteiger partial charge in [0.1, 0.15) is 0 Å². The smallest absolute Gasteiger partial charge is 0.236 e. The van der Waals surface area contributed by atoms with Crippen LogP contribution in [0, 0.1) is 0 Å². The van der Waals surface area contributed by atoms with Gasteiger partial charge in [-0.2, -0.15) is 0 Å². The molecule has 0 saturated carbocycles. The molecule has 1 N–H and O–H groups in total. The number of amides is 2. The van der Waals surface area contributed by atoms with Gasteiger partial charge in [0.2, 0.25) is 11.8 Å². The van der Waals surface area contributed by atoms with Crippen molar-refractivity contribution in [2.45, 2.75) is 38.8 Å². The summed E-state index contributed by atoms with van der Waals surface area (Å²) in [6, 6.07) is 0.542. The average molecular weight is 340 g/mol. The molecule has 2 aliphatic heterocycles. The Hall–Kier alpha value is -1.18. The predicted molar refractivity (Wildman–Crippen MR) is 92.8 cm³/mol. The summed E-state index contributed by atoms with van der Waals surface area (Å²) in [4.78, 5) is 30.4. The molecule has 2 atom stereocenters. The molecule has 0 aromatic rings. The first-order valence-corrected chi connectivity index (χ1v) is 8.99. The second-order valence-corrected chi connectivity index (χ2v) is 6.99. The maximum atomic E-state index is 12.6. The van der Waals surface area contributed by atoms with Gasteiger partial charge in [-0.15, -0.1) is 0 Å². The van der Waals surface area contributed by atoms with Crippen molar-refractivity contribution in [3.63, 3.8) is 0 Å². The minimum Gasteiger partial charge on any atom is -0.383 e. The van der Waals surface area contributed by atoms with Crippen molar-refractivity contribution in [2.75, 3.05) is 59.5 Å². The number of likely N-dealkylation sites (tertiary alicyclic amines) is 1. The highest BCUT2D eigenvalue weighted by atomic mass is 16.5. The molecule has 0 aromatic carbocycles. The lowest BCUT2D eigenvalue weighted by Gasteiger charge is -2.40. The van der Waals surface area contributed by atoms with Crippen LogP contribution in [0.15, 0.2) is 0 Å². The Morgan fingerprint density at radius 2 is 2.00 bits per heavy atom. The molecular weight excluding hydrogens is 308 g/mol. The highest BCUT2D eigenvalue weighted by Gasteiger charge is 2.28. The second-order valence-electron chi connectivity index (χ2n) is 6.99. The third kappa shape index (κ3) is 5.72. The van der Waals surface area contributed by atoms with E-state index in [2.05, 4.69) is 22.0 Å². The lowest BCUT2D eigenvalue weighted by molar-refractivity contribution is -0.135. The predicted octanol–water partition coefficient (Wildman–Crippen LogP) is -0.234. The van der Waals surface area contributed by atoms with Gasteiger partial charge >= 0.3 is 0 Å². The Balaban J connectivity index is 1.77. The Labute approximate surface area is 145 Å². The molecule has 2 fully saturated rings. The Bertz CT molecular complexity index is 432. The van der Waals surface area contributed by atoms with Crippen LogP contribution in [0.2, 0.25) is 0 Å². The number of ether oxygens (including phenoxy) is 1. The van der Waals surface area contributed by atoms with E-state index in [0.29, 0.717) is 19.1 Å². The fourth-order valence-electron chi connectivity index (χ4n) is 3.66. The number of piperidine rings is 1. The SMILES string of the molecule is COCCN1CCN(CC(=O)N2CCC[C@H](NC(C)=O)C2)C[C@H]1C. The van der Waals surface area contributed by atoms with E-state index in [9.17, 15) is 9.59 Å². The van der Waals surface area contributed by atoms with Crippen molar-refractivity contribution < 1.29 is 14.3 Å².